The average Bonchev–Trinajstić information content (AvgIpc) is 1.80. The zero-order valence-electron chi connectivity index (χ0n) is 5.88. The molecule has 52 valence electrons. The van der Waals surface area contributed by atoms with Crippen LogP contribution >= 0.6 is 0 Å². The van der Waals surface area contributed by atoms with E-state index in [0.717, 1.165) is 12.8 Å². The van der Waals surface area contributed by atoms with Crippen molar-refractivity contribution < 1.29 is 5.11 Å². The molecule has 1 unspecified atom stereocenters. The van der Waals surface area contributed by atoms with Crippen LogP contribution in [0.5, 0.6) is 0 Å². The van der Waals surface area contributed by atoms with E-state index in [9.17, 15) is 0 Å². The van der Waals surface area contributed by atoms with Gasteiger partial charge in [-0.2, -0.15) is 0 Å². The molecule has 0 radical (unpaired) electrons. The molecule has 0 spiro atoms. The van der Waals surface area contributed by atoms with Crippen LogP contribution in [0.2, 0.25) is 0 Å². The lowest BCUT2D eigenvalue weighted by Crippen LogP contribution is -1.94. The SMILES string of the molecule is C=CCC=CCC(C)O. The van der Waals surface area contributed by atoms with Crippen molar-refractivity contribution in [2.45, 2.75) is 25.9 Å². The van der Waals surface area contributed by atoms with E-state index >= 15 is 0 Å². The van der Waals surface area contributed by atoms with Gasteiger partial charge in [-0.1, -0.05) is 18.2 Å². The van der Waals surface area contributed by atoms with Crippen molar-refractivity contribution in [1.82, 2.24) is 0 Å². The van der Waals surface area contributed by atoms with Crippen molar-refractivity contribution in [3.8, 4) is 0 Å². The van der Waals surface area contributed by atoms with Gasteiger partial charge in [-0.05, 0) is 19.8 Å². The largest absolute Gasteiger partial charge is 0.393 e. The van der Waals surface area contributed by atoms with Crippen molar-refractivity contribution >= 4 is 0 Å². The number of allylic oxidation sites excluding steroid dienone is 2. The molecule has 0 bridgehead atoms. The van der Waals surface area contributed by atoms with Gasteiger partial charge < -0.3 is 5.11 Å². The Balaban J connectivity index is 3.14. The third-order valence-corrected chi connectivity index (χ3v) is 0.947. The Labute approximate surface area is 56.7 Å². The minimum Gasteiger partial charge on any atom is -0.393 e. The summed E-state index contributed by atoms with van der Waals surface area (Å²) in [5, 5.41) is 8.77. The number of aliphatic hydroxyl groups is 1. The first-order valence-corrected chi connectivity index (χ1v) is 3.21. The normalized spacial score (nSPS) is 14.0. The van der Waals surface area contributed by atoms with Gasteiger partial charge in [0.1, 0.15) is 0 Å². The van der Waals surface area contributed by atoms with Gasteiger partial charge in [0, 0.05) is 0 Å². The van der Waals surface area contributed by atoms with Crippen molar-refractivity contribution in [3.05, 3.63) is 24.8 Å². The maximum absolute atomic E-state index is 8.77. The van der Waals surface area contributed by atoms with Gasteiger partial charge in [-0.15, -0.1) is 6.58 Å². The summed E-state index contributed by atoms with van der Waals surface area (Å²) in [4.78, 5) is 0. The molecule has 0 rings (SSSR count). The molecule has 0 aliphatic carbocycles. The molecule has 1 atom stereocenters. The zero-order chi connectivity index (χ0) is 7.11. The van der Waals surface area contributed by atoms with Crippen LogP contribution < -0.4 is 0 Å². The molecule has 1 heteroatoms. The minimum absolute atomic E-state index is 0.217. The van der Waals surface area contributed by atoms with Crippen LogP contribution in [0, 0.1) is 0 Å². The zero-order valence-corrected chi connectivity index (χ0v) is 5.88. The molecular weight excluding hydrogens is 112 g/mol. The van der Waals surface area contributed by atoms with Crippen molar-refractivity contribution in [2.24, 2.45) is 0 Å². The van der Waals surface area contributed by atoms with Crippen molar-refractivity contribution in [1.29, 1.82) is 0 Å². The summed E-state index contributed by atoms with van der Waals surface area (Å²) in [6.07, 6.45) is 7.22. The molecule has 0 saturated carbocycles. The summed E-state index contributed by atoms with van der Waals surface area (Å²) in [5.74, 6) is 0. The van der Waals surface area contributed by atoms with E-state index in [2.05, 4.69) is 6.58 Å². The summed E-state index contributed by atoms with van der Waals surface area (Å²) >= 11 is 0. The van der Waals surface area contributed by atoms with Gasteiger partial charge in [-0.3, -0.25) is 0 Å². The topological polar surface area (TPSA) is 20.2 Å². The van der Waals surface area contributed by atoms with E-state index < -0.39 is 0 Å². The smallest absolute Gasteiger partial charge is 0.0546 e. The summed E-state index contributed by atoms with van der Waals surface area (Å²) in [6, 6.07) is 0. The Morgan fingerprint density at radius 1 is 1.56 bits per heavy atom. The average molecular weight is 126 g/mol. The van der Waals surface area contributed by atoms with Crippen LogP contribution in [-0.2, 0) is 0 Å². The highest BCUT2D eigenvalue weighted by atomic mass is 16.3. The predicted octanol–water partition coefficient (Wildman–Crippen LogP) is 1.89. The standard InChI is InChI=1S/C8H14O/c1-3-4-5-6-7-8(2)9/h3,5-6,8-9H,1,4,7H2,2H3. The summed E-state index contributed by atoms with van der Waals surface area (Å²) in [7, 11) is 0. The summed E-state index contributed by atoms with van der Waals surface area (Å²) in [5.41, 5.74) is 0. The number of aliphatic hydroxyl groups excluding tert-OH is 1. The lowest BCUT2D eigenvalue weighted by Gasteiger charge is -1.94. The molecule has 0 amide bonds. The Hall–Kier alpha value is -0.560. The van der Waals surface area contributed by atoms with Crippen LogP contribution in [0.15, 0.2) is 24.8 Å². The third kappa shape index (κ3) is 7.44. The Bertz CT molecular complexity index is 92.7. The first-order chi connectivity index (χ1) is 4.27. The van der Waals surface area contributed by atoms with E-state index in [1.54, 1.807) is 6.92 Å². The highest BCUT2D eigenvalue weighted by molar-refractivity contribution is 4.88. The van der Waals surface area contributed by atoms with Crippen LogP contribution in [0.3, 0.4) is 0 Å². The summed E-state index contributed by atoms with van der Waals surface area (Å²) < 4.78 is 0. The number of hydrogen-bond acceptors (Lipinski definition) is 1. The van der Waals surface area contributed by atoms with E-state index in [-0.39, 0.29) is 6.10 Å². The number of hydrogen-bond donors (Lipinski definition) is 1. The molecule has 0 aromatic carbocycles. The number of rotatable bonds is 4. The quantitative estimate of drug-likeness (QED) is 0.570. The van der Waals surface area contributed by atoms with Crippen molar-refractivity contribution in [3.63, 3.8) is 0 Å². The predicted molar refractivity (Wildman–Crippen MR) is 40.3 cm³/mol. The van der Waals surface area contributed by atoms with Gasteiger partial charge in [-0.25, -0.2) is 0 Å². The van der Waals surface area contributed by atoms with Gasteiger partial charge in [0.15, 0.2) is 0 Å². The maximum atomic E-state index is 8.77. The molecule has 1 nitrogen and oxygen atoms in total. The fourth-order valence-corrected chi connectivity index (χ4v) is 0.486. The molecule has 0 aliphatic heterocycles. The molecule has 0 aliphatic rings. The molecule has 0 aromatic heterocycles. The molecule has 0 heterocycles. The fraction of sp³-hybridized carbons (Fsp3) is 0.500. The highest BCUT2D eigenvalue weighted by Crippen LogP contribution is 1.92. The molecule has 0 fully saturated rings. The molecule has 0 aromatic rings. The lowest BCUT2D eigenvalue weighted by molar-refractivity contribution is 0.198. The Kier molecular flexibility index (Phi) is 5.23. The molecule has 9 heavy (non-hydrogen) atoms. The third-order valence-electron chi connectivity index (χ3n) is 0.947. The van der Waals surface area contributed by atoms with Crippen LogP contribution in [-0.4, -0.2) is 11.2 Å². The van der Waals surface area contributed by atoms with E-state index in [0.29, 0.717) is 0 Å². The highest BCUT2D eigenvalue weighted by Gasteiger charge is 1.86. The second kappa shape index (κ2) is 5.57. The Morgan fingerprint density at radius 2 is 2.22 bits per heavy atom. The first kappa shape index (κ1) is 8.44. The van der Waals surface area contributed by atoms with Crippen molar-refractivity contribution in [2.75, 3.05) is 0 Å². The maximum Gasteiger partial charge on any atom is 0.0546 e. The van der Waals surface area contributed by atoms with Gasteiger partial charge in [0.05, 0.1) is 6.10 Å². The van der Waals surface area contributed by atoms with Gasteiger partial charge >= 0.3 is 0 Å². The molecule has 1 N–H and O–H groups in total. The van der Waals surface area contributed by atoms with Crippen LogP contribution in [0.4, 0.5) is 0 Å². The molecule has 0 saturated heterocycles. The van der Waals surface area contributed by atoms with Gasteiger partial charge in [0.2, 0.25) is 0 Å². The second-order valence-electron chi connectivity index (χ2n) is 2.08. The monoisotopic (exact) mass is 126 g/mol. The van der Waals surface area contributed by atoms with E-state index in [1.807, 2.05) is 18.2 Å². The van der Waals surface area contributed by atoms with Crippen LogP contribution in [0.25, 0.3) is 0 Å². The minimum atomic E-state index is -0.217. The first-order valence-electron chi connectivity index (χ1n) is 3.21. The van der Waals surface area contributed by atoms with Gasteiger partial charge in [0.25, 0.3) is 0 Å². The fourth-order valence-electron chi connectivity index (χ4n) is 0.486. The molecular formula is C8H14O. The van der Waals surface area contributed by atoms with E-state index in [4.69, 9.17) is 5.11 Å². The summed E-state index contributed by atoms with van der Waals surface area (Å²) in [6.45, 7) is 5.34. The van der Waals surface area contributed by atoms with E-state index in [1.165, 1.54) is 0 Å². The Morgan fingerprint density at radius 3 is 2.67 bits per heavy atom. The second-order valence-corrected chi connectivity index (χ2v) is 2.08. The van der Waals surface area contributed by atoms with Crippen LogP contribution in [0.1, 0.15) is 19.8 Å². The lowest BCUT2D eigenvalue weighted by atomic mass is 10.2.